The van der Waals surface area contributed by atoms with E-state index in [2.05, 4.69) is 33.3 Å². The number of pyridine rings is 1. The van der Waals surface area contributed by atoms with Crippen LogP contribution < -0.4 is 11.3 Å². The summed E-state index contributed by atoms with van der Waals surface area (Å²) in [5, 5.41) is 0. The van der Waals surface area contributed by atoms with Crippen molar-refractivity contribution in [3.8, 4) is 0 Å². The van der Waals surface area contributed by atoms with Crippen molar-refractivity contribution in [1.82, 2.24) is 9.88 Å². The Hall–Kier alpha value is -1.14. The van der Waals surface area contributed by atoms with Crippen LogP contribution in [0.25, 0.3) is 0 Å². The Morgan fingerprint density at radius 1 is 1.55 bits per heavy atom. The lowest BCUT2D eigenvalue weighted by Gasteiger charge is -2.32. The molecule has 2 rings (SSSR count). The highest BCUT2D eigenvalue weighted by molar-refractivity contribution is 9.10. The van der Waals surface area contributed by atoms with Gasteiger partial charge in [-0.3, -0.25) is 4.79 Å². The number of likely N-dealkylation sites (tertiary alicyclic amines) is 1. The number of halogens is 1. The number of hydrogen-bond acceptors (Lipinski definition) is 4. The first kappa shape index (κ1) is 15.3. The van der Waals surface area contributed by atoms with Crippen LogP contribution in [0.4, 0.5) is 5.82 Å². The molecule has 0 bridgehead atoms. The van der Waals surface area contributed by atoms with Crippen LogP contribution in [0, 0.1) is 5.92 Å². The van der Waals surface area contributed by atoms with Gasteiger partial charge in [0, 0.05) is 23.8 Å². The van der Waals surface area contributed by atoms with Gasteiger partial charge in [0.05, 0.1) is 5.56 Å². The first-order valence-electron chi connectivity index (χ1n) is 7.07. The number of carbonyl (C=O) groups is 1. The summed E-state index contributed by atoms with van der Waals surface area (Å²) < 4.78 is 0.778. The Morgan fingerprint density at radius 3 is 2.85 bits per heavy atom. The second-order valence-electron chi connectivity index (χ2n) is 5.22. The fraction of sp³-hybridized carbons (Fsp3) is 0.571. The minimum absolute atomic E-state index is 0.00157. The normalized spacial score (nSPS) is 16.2. The van der Waals surface area contributed by atoms with Crippen LogP contribution in [0.15, 0.2) is 16.7 Å². The molecule has 2 heterocycles. The van der Waals surface area contributed by atoms with Crippen LogP contribution in [0.3, 0.4) is 0 Å². The fourth-order valence-corrected chi connectivity index (χ4v) is 3.05. The van der Waals surface area contributed by atoms with Gasteiger partial charge in [-0.05, 0) is 40.8 Å². The van der Waals surface area contributed by atoms with E-state index in [-0.39, 0.29) is 5.91 Å². The Bertz CT molecular complexity index is 472. The monoisotopic (exact) mass is 340 g/mol. The number of nitrogens with one attached hydrogen (secondary N) is 1. The number of rotatable bonds is 4. The van der Waals surface area contributed by atoms with E-state index in [9.17, 15) is 4.79 Å². The molecule has 1 aliphatic rings. The average molecular weight is 341 g/mol. The van der Waals surface area contributed by atoms with E-state index in [1.54, 1.807) is 12.3 Å². The SMILES string of the molecule is CCCC1CCN(C(=O)c2cc(Br)cnc2NN)CC1. The van der Waals surface area contributed by atoms with E-state index in [1.165, 1.54) is 12.8 Å². The van der Waals surface area contributed by atoms with Gasteiger partial charge in [-0.25, -0.2) is 10.8 Å². The molecule has 0 radical (unpaired) electrons. The zero-order chi connectivity index (χ0) is 14.5. The summed E-state index contributed by atoms with van der Waals surface area (Å²) >= 11 is 3.35. The van der Waals surface area contributed by atoms with Crippen molar-refractivity contribution in [3.05, 3.63) is 22.3 Å². The molecule has 0 atom stereocenters. The van der Waals surface area contributed by atoms with E-state index in [0.717, 1.165) is 36.3 Å². The number of nitrogens with zero attached hydrogens (tertiary/aromatic N) is 2. The molecule has 0 spiro atoms. The quantitative estimate of drug-likeness (QED) is 0.653. The van der Waals surface area contributed by atoms with Crippen LogP contribution in [-0.2, 0) is 0 Å². The van der Waals surface area contributed by atoms with Gasteiger partial charge in [0.25, 0.3) is 5.91 Å². The maximum Gasteiger partial charge on any atom is 0.257 e. The fourth-order valence-electron chi connectivity index (χ4n) is 2.72. The highest BCUT2D eigenvalue weighted by Gasteiger charge is 2.25. The molecule has 1 aliphatic heterocycles. The molecule has 20 heavy (non-hydrogen) atoms. The molecule has 1 aromatic heterocycles. The Morgan fingerprint density at radius 2 is 2.25 bits per heavy atom. The molecule has 1 saturated heterocycles. The summed E-state index contributed by atoms with van der Waals surface area (Å²) in [4.78, 5) is 18.6. The highest BCUT2D eigenvalue weighted by Crippen LogP contribution is 2.25. The van der Waals surface area contributed by atoms with Crippen LogP contribution in [0.1, 0.15) is 43.0 Å². The number of nitrogen functional groups attached to an aromatic ring is 1. The first-order valence-corrected chi connectivity index (χ1v) is 7.86. The van der Waals surface area contributed by atoms with Crippen molar-refractivity contribution < 1.29 is 4.79 Å². The highest BCUT2D eigenvalue weighted by atomic mass is 79.9. The van der Waals surface area contributed by atoms with E-state index < -0.39 is 0 Å². The van der Waals surface area contributed by atoms with Crippen molar-refractivity contribution in [2.45, 2.75) is 32.6 Å². The number of hydrogen-bond donors (Lipinski definition) is 2. The number of anilines is 1. The van der Waals surface area contributed by atoms with Gasteiger partial charge < -0.3 is 10.3 Å². The van der Waals surface area contributed by atoms with E-state index >= 15 is 0 Å². The molecule has 1 aromatic rings. The predicted molar refractivity (Wildman–Crippen MR) is 83.3 cm³/mol. The lowest BCUT2D eigenvalue weighted by atomic mass is 9.92. The zero-order valence-corrected chi connectivity index (χ0v) is 13.3. The van der Waals surface area contributed by atoms with Gasteiger partial charge in [0.2, 0.25) is 0 Å². The van der Waals surface area contributed by atoms with E-state index in [1.807, 2.05) is 4.90 Å². The molecule has 1 fully saturated rings. The van der Waals surface area contributed by atoms with Gasteiger partial charge in [-0.1, -0.05) is 19.8 Å². The molecule has 3 N–H and O–H groups in total. The summed E-state index contributed by atoms with van der Waals surface area (Å²) in [5.41, 5.74) is 3.02. The molecule has 0 saturated carbocycles. The molecule has 0 unspecified atom stereocenters. The van der Waals surface area contributed by atoms with Gasteiger partial charge in [-0.2, -0.15) is 0 Å². The van der Waals surface area contributed by atoms with Gasteiger partial charge in [0.15, 0.2) is 5.82 Å². The zero-order valence-electron chi connectivity index (χ0n) is 11.7. The van der Waals surface area contributed by atoms with Crippen LogP contribution in [-0.4, -0.2) is 28.9 Å². The Kier molecular flexibility index (Phi) is 5.37. The second-order valence-corrected chi connectivity index (χ2v) is 6.13. The third-order valence-corrected chi connectivity index (χ3v) is 4.25. The predicted octanol–water partition coefficient (Wildman–Crippen LogP) is 2.78. The largest absolute Gasteiger partial charge is 0.339 e. The maximum absolute atomic E-state index is 12.6. The molecule has 5 nitrogen and oxygen atoms in total. The van der Waals surface area contributed by atoms with Gasteiger partial charge in [-0.15, -0.1) is 0 Å². The summed E-state index contributed by atoms with van der Waals surface area (Å²) in [5.74, 6) is 6.62. The third-order valence-electron chi connectivity index (χ3n) is 3.82. The first-order chi connectivity index (χ1) is 9.65. The minimum atomic E-state index is 0.00157. The Labute approximate surface area is 128 Å². The molecular weight excluding hydrogens is 320 g/mol. The molecular formula is C14H21BrN4O. The topological polar surface area (TPSA) is 71.2 Å². The average Bonchev–Trinajstić information content (AvgIpc) is 2.47. The van der Waals surface area contributed by atoms with Crippen LogP contribution in [0.5, 0.6) is 0 Å². The van der Waals surface area contributed by atoms with Gasteiger partial charge in [0.1, 0.15) is 0 Å². The Balaban J connectivity index is 2.07. The van der Waals surface area contributed by atoms with Crippen LogP contribution >= 0.6 is 15.9 Å². The van der Waals surface area contributed by atoms with Gasteiger partial charge >= 0.3 is 0 Å². The van der Waals surface area contributed by atoms with E-state index in [0.29, 0.717) is 11.4 Å². The molecule has 110 valence electrons. The number of nitrogens with two attached hydrogens (primary N) is 1. The number of piperidine rings is 1. The van der Waals surface area contributed by atoms with E-state index in [4.69, 9.17) is 5.84 Å². The number of hydrazine groups is 1. The number of aromatic nitrogens is 1. The number of carbonyl (C=O) groups excluding carboxylic acids is 1. The lowest BCUT2D eigenvalue weighted by Crippen LogP contribution is -2.39. The molecule has 6 heteroatoms. The smallest absolute Gasteiger partial charge is 0.257 e. The standard InChI is InChI=1S/C14H21BrN4O/c1-2-3-10-4-6-19(7-5-10)14(20)12-8-11(15)9-17-13(12)18-16/h8-10H,2-7,16H2,1H3,(H,17,18). The lowest BCUT2D eigenvalue weighted by molar-refractivity contribution is 0.0687. The number of amides is 1. The van der Waals surface area contributed by atoms with Crippen molar-refractivity contribution in [3.63, 3.8) is 0 Å². The minimum Gasteiger partial charge on any atom is -0.339 e. The molecule has 0 aliphatic carbocycles. The summed E-state index contributed by atoms with van der Waals surface area (Å²) in [6, 6.07) is 1.77. The molecule has 0 aromatic carbocycles. The van der Waals surface area contributed by atoms with Crippen molar-refractivity contribution in [2.75, 3.05) is 18.5 Å². The summed E-state index contributed by atoms with van der Waals surface area (Å²) in [6.45, 7) is 3.85. The van der Waals surface area contributed by atoms with Crippen molar-refractivity contribution in [1.29, 1.82) is 0 Å². The molecule has 1 amide bonds. The third kappa shape index (κ3) is 3.49. The van der Waals surface area contributed by atoms with Crippen LogP contribution in [0.2, 0.25) is 0 Å². The summed E-state index contributed by atoms with van der Waals surface area (Å²) in [6.07, 6.45) is 6.28. The maximum atomic E-state index is 12.6. The second kappa shape index (κ2) is 7.04. The van der Waals surface area contributed by atoms with Crippen molar-refractivity contribution in [2.24, 2.45) is 11.8 Å². The van der Waals surface area contributed by atoms with Crippen molar-refractivity contribution >= 4 is 27.7 Å². The summed E-state index contributed by atoms with van der Waals surface area (Å²) in [7, 11) is 0.